The van der Waals surface area contributed by atoms with E-state index in [0.717, 1.165) is 55.4 Å². The first-order chi connectivity index (χ1) is 13.3. The van der Waals surface area contributed by atoms with Gasteiger partial charge < -0.3 is 19.1 Å². The van der Waals surface area contributed by atoms with Gasteiger partial charge in [0, 0.05) is 31.4 Å². The van der Waals surface area contributed by atoms with Crippen LogP contribution >= 0.6 is 11.8 Å². The Morgan fingerprint density at radius 3 is 2.74 bits per heavy atom. The van der Waals surface area contributed by atoms with Gasteiger partial charge in [-0.3, -0.25) is 4.79 Å². The number of thioether (sulfide) groups is 1. The SMILES string of the molecule is CCOc1ccccc1OCCCC(=O)N(CC1CCCO1)C1CCSC1. The Morgan fingerprint density at radius 1 is 1.26 bits per heavy atom. The lowest BCUT2D eigenvalue weighted by Gasteiger charge is -2.31. The van der Waals surface area contributed by atoms with Crippen LogP contribution in [0.3, 0.4) is 0 Å². The van der Waals surface area contributed by atoms with Crippen LogP contribution in [-0.2, 0) is 9.53 Å². The Kier molecular flexibility index (Phi) is 8.14. The molecular formula is C21H31NO4S. The molecular weight excluding hydrogens is 362 g/mol. The molecule has 0 bridgehead atoms. The van der Waals surface area contributed by atoms with E-state index in [1.54, 1.807) is 0 Å². The first-order valence-corrected chi connectivity index (χ1v) is 11.3. The maximum Gasteiger partial charge on any atom is 0.223 e. The van der Waals surface area contributed by atoms with Crippen LogP contribution in [-0.4, -0.2) is 60.8 Å². The van der Waals surface area contributed by atoms with Crippen LogP contribution in [0.1, 0.15) is 39.0 Å². The summed E-state index contributed by atoms with van der Waals surface area (Å²) in [5, 5.41) is 0. The molecule has 3 rings (SSSR count). The van der Waals surface area contributed by atoms with Gasteiger partial charge in [0.1, 0.15) is 0 Å². The summed E-state index contributed by atoms with van der Waals surface area (Å²) in [7, 11) is 0. The average Bonchev–Trinajstić information content (AvgIpc) is 3.38. The lowest BCUT2D eigenvalue weighted by molar-refractivity contribution is -0.135. The van der Waals surface area contributed by atoms with E-state index < -0.39 is 0 Å². The minimum atomic E-state index is 0.217. The molecule has 2 heterocycles. The minimum Gasteiger partial charge on any atom is -0.490 e. The van der Waals surface area contributed by atoms with E-state index in [-0.39, 0.29) is 12.0 Å². The molecule has 0 aromatic heterocycles. The van der Waals surface area contributed by atoms with Gasteiger partial charge in [0.2, 0.25) is 5.91 Å². The highest BCUT2D eigenvalue weighted by molar-refractivity contribution is 7.99. The molecule has 2 atom stereocenters. The molecule has 1 aromatic carbocycles. The second-order valence-corrected chi connectivity index (χ2v) is 8.18. The summed E-state index contributed by atoms with van der Waals surface area (Å²) in [4.78, 5) is 15.0. The van der Waals surface area contributed by atoms with Crippen molar-refractivity contribution in [3.05, 3.63) is 24.3 Å². The van der Waals surface area contributed by atoms with Crippen LogP contribution in [0.15, 0.2) is 24.3 Å². The van der Waals surface area contributed by atoms with Crippen molar-refractivity contribution >= 4 is 17.7 Å². The number of ether oxygens (including phenoxy) is 3. The first-order valence-electron chi connectivity index (χ1n) is 10.1. The molecule has 0 radical (unpaired) electrons. The fraction of sp³-hybridized carbons (Fsp3) is 0.667. The molecule has 0 N–H and O–H groups in total. The maximum absolute atomic E-state index is 12.9. The fourth-order valence-electron chi connectivity index (χ4n) is 3.62. The Labute approximate surface area is 166 Å². The summed E-state index contributed by atoms with van der Waals surface area (Å²) >= 11 is 1.94. The molecule has 2 saturated heterocycles. The predicted molar refractivity (Wildman–Crippen MR) is 109 cm³/mol. The van der Waals surface area contributed by atoms with Crippen molar-refractivity contribution in [1.82, 2.24) is 4.90 Å². The summed E-state index contributed by atoms with van der Waals surface area (Å²) in [6.07, 6.45) is 4.72. The number of hydrogen-bond acceptors (Lipinski definition) is 5. The molecule has 2 aliphatic heterocycles. The number of benzene rings is 1. The monoisotopic (exact) mass is 393 g/mol. The quantitative estimate of drug-likeness (QED) is 0.567. The van der Waals surface area contributed by atoms with Crippen molar-refractivity contribution in [3.8, 4) is 11.5 Å². The lowest BCUT2D eigenvalue weighted by atomic mass is 10.1. The molecule has 0 aliphatic carbocycles. The highest BCUT2D eigenvalue weighted by Crippen LogP contribution is 2.27. The molecule has 1 amide bonds. The standard InChI is InChI=1S/C21H31NO4S/c1-2-24-19-8-3-4-9-20(19)26-13-6-10-21(23)22(17-11-14-27-16-17)15-18-7-5-12-25-18/h3-4,8-9,17-18H,2,5-7,10-16H2,1H3. The summed E-state index contributed by atoms with van der Waals surface area (Å²) < 4.78 is 17.2. The smallest absolute Gasteiger partial charge is 0.223 e. The van der Waals surface area contributed by atoms with E-state index in [2.05, 4.69) is 4.90 Å². The average molecular weight is 394 g/mol. The normalized spacial score (nSPS) is 22.0. The van der Waals surface area contributed by atoms with E-state index in [1.165, 1.54) is 0 Å². The van der Waals surface area contributed by atoms with Crippen molar-refractivity contribution in [2.75, 3.05) is 37.9 Å². The molecule has 5 nitrogen and oxygen atoms in total. The highest BCUT2D eigenvalue weighted by Gasteiger charge is 2.30. The number of amides is 1. The van der Waals surface area contributed by atoms with E-state index in [9.17, 15) is 4.79 Å². The molecule has 150 valence electrons. The summed E-state index contributed by atoms with van der Waals surface area (Å²) in [5.74, 6) is 3.94. The van der Waals surface area contributed by atoms with Gasteiger partial charge in [-0.2, -0.15) is 11.8 Å². The van der Waals surface area contributed by atoms with Crippen molar-refractivity contribution in [2.45, 2.75) is 51.2 Å². The molecule has 0 saturated carbocycles. The Hall–Kier alpha value is -1.40. The van der Waals surface area contributed by atoms with Gasteiger partial charge >= 0.3 is 0 Å². The van der Waals surface area contributed by atoms with Crippen LogP contribution in [0.4, 0.5) is 0 Å². The largest absolute Gasteiger partial charge is 0.490 e. The predicted octanol–water partition coefficient (Wildman–Crippen LogP) is 3.76. The van der Waals surface area contributed by atoms with Crippen LogP contribution in [0.2, 0.25) is 0 Å². The minimum absolute atomic E-state index is 0.217. The Morgan fingerprint density at radius 2 is 2.07 bits per heavy atom. The van der Waals surface area contributed by atoms with Crippen LogP contribution in [0, 0.1) is 0 Å². The number of nitrogens with zero attached hydrogens (tertiary/aromatic N) is 1. The Bertz CT molecular complexity index is 585. The van der Waals surface area contributed by atoms with Gasteiger partial charge in [-0.15, -0.1) is 0 Å². The number of hydrogen-bond donors (Lipinski definition) is 0. The molecule has 1 aromatic rings. The summed E-state index contributed by atoms with van der Waals surface area (Å²) in [5.41, 5.74) is 0. The third-order valence-electron chi connectivity index (χ3n) is 5.03. The first kappa shape index (κ1) is 20.3. The number of rotatable bonds is 10. The fourth-order valence-corrected chi connectivity index (χ4v) is 4.85. The number of para-hydroxylation sites is 2. The zero-order chi connectivity index (χ0) is 18.9. The van der Waals surface area contributed by atoms with Crippen molar-refractivity contribution in [1.29, 1.82) is 0 Å². The van der Waals surface area contributed by atoms with Crippen molar-refractivity contribution in [3.63, 3.8) is 0 Å². The zero-order valence-electron chi connectivity index (χ0n) is 16.2. The zero-order valence-corrected chi connectivity index (χ0v) is 17.0. The number of carbonyl (C=O) groups is 1. The number of carbonyl (C=O) groups excluding carboxylic acids is 1. The molecule has 2 fully saturated rings. The third kappa shape index (κ3) is 6.04. The van der Waals surface area contributed by atoms with Gasteiger partial charge in [0.05, 0.1) is 19.3 Å². The van der Waals surface area contributed by atoms with Gasteiger partial charge in [0.15, 0.2) is 11.5 Å². The second kappa shape index (κ2) is 10.8. The Balaban J connectivity index is 1.47. The summed E-state index contributed by atoms with van der Waals surface area (Å²) in [6, 6.07) is 8.05. The van der Waals surface area contributed by atoms with Gasteiger partial charge in [0.25, 0.3) is 0 Å². The van der Waals surface area contributed by atoms with E-state index in [4.69, 9.17) is 14.2 Å². The molecule has 6 heteroatoms. The summed E-state index contributed by atoms with van der Waals surface area (Å²) in [6.45, 7) is 4.66. The molecule has 2 unspecified atom stereocenters. The maximum atomic E-state index is 12.9. The van der Waals surface area contributed by atoms with Crippen LogP contribution < -0.4 is 9.47 Å². The van der Waals surface area contributed by atoms with E-state index in [0.29, 0.717) is 32.1 Å². The molecule has 2 aliphatic rings. The molecule has 0 spiro atoms. The van der Waals surface area contributed by atoms with Crippen molar-refractivity contribution in [2.24, 2.45) is 0 Å². The van der Waals surface area contributed by atoms with E-state index >= 15 is 0 Å². The lowest BCUT2D eigenvalue weighted by Crippen LogP contribution is -2.44. The van der Waals surface area contributed by atoms with Gasteiger partial charge in [-0.25, -0.2) is 0 Å². The highest BCUT2D eigenvalue weighted by atomic mass is 32.2. The molecule has 27 heavy (non-hydrogen) atoms. The topological polar surface area (TPSA) is 48.0 Å². The van der Waals surface area contributed by atoms with Gasteiger partial charge in [-0.05, 0) is 50.5 Å². The van der Waals surface area contributed by atoms with E-state index in [1.807, 2.05) is 43.0 Å². The van der Waals surface area contributed by atoms with Crippen molar-refractivity contribution < 1.29 is 19.0 Å². The van der Waals surface area contributed by atoms with Crippen LogP contribution in [0.5, 0.6) is 11.5 Å². The van der Waals surface area contributed by atoms with Gasteiger partial charge in [-0.1, -0.05) is 12.1 Å². The third-order valence-corrected chi connectivity index (χ3v) is 6.18. The van der Waals surface area contributed by atoms with Crippen LogP contribution in [0.25, 0.3) is 0 Å². The second-order valence-electron chi connectivity index (χ2n) is 7.03.